The van der Waals surface area contributed by atoms with Crippen LogP contribution in [0.15, 0.2) is 30.3 Å². The molecule has 0 aliphatic carbocycles. The van der Waals surface area contributed by atoms with Gasteiger partial charge in [-0.3, -0.25) is 4.79 Å². The van der Waals surface area contributed by atoms with E-state index in [0.717, 1.165) is 12.1 Å². The molecule has 0 atom stereocenters. The average molecular weight is 317 g/mol. The van der Waals surface area contributed by atoms with E-state index >= 15 is 0 Å². The average Bonchev–Trinajstić information content (AvgIpc) is 2.37. The van der Waals surface area contributed by atoms with E-state index in [9.17, 15) is 13.6 Å². The Morgan fingerprint density at radius 2 is 1.85 bits per heavy atom. The van der Waals surface area contributed by atoms with Gasteiger partial charge in [0.2, 0.25) is 0 Å². The third-order valence-electron chi connectivity index (χ3n) is 2.47. The number of nitrogens with one attached hydrogen (secondary N) is 1. The summed E-state index contributed by atoms with van der Waals surface area (Å²) in [6.45, 7) is 0. The molecule has 0 heterocycles. The van der Waals surface area contributed by atoms with Crippen molar-refractivity contribution in [3.05, 3.63) is 57.6 Å². The first-order valence-corrected chi connectivity index (χ1v) is 6.15. The van der Waals surface area contributed by atoms with Crippen molar-refractivity contribution >= 4 is 40.5 Å². The van der Waals surface area contributed by atoms with Gasteiger partial charge in [-0.05, 0) is 24.3 Å². The summed E-state index contributed by atoms with van der Waals surface area (Å²) in [4.78, 5) is 12.0. The molecule has 0 saturated carbocycles. The lowest BCUT2D eigenvalue weighted by molar-refractivity contribution is 0.102. The van der Waals surface area contributed by atoms with Gasteiger partial charge in [-0.2, -0.15) is 0 Å². The van der Waals surface area contributed by atoms with E-state index in [0.29, 0.717) is 6.07 Å². The monoisotopic (exact) mass is 316 g/mol. The van der Waals surface area contributed by atoms with Crippen LogP contribution in [0.2, 0.25) is 10.0 Å². The van der Waals surface area contributed by atoms with Crippen LogP contribution < -0.4 is 11.1 Å². The largest absolute Gasteiger partial charge is 0.399 e. The maximum absolute atomic E-state index is 13.4. The summed E-state index contributed by atoms with van der Waals surface area (Å²) in [6, 6.07) is 5.48. The van der Waals surface area contributed by atoms with Crippen molar-refractivity contribution in [3.63, 3.8) is 0 Å². The van der Waals surface area contributed by atoms with E-state index in [-0.39, 0.29) is 27.0 Å². The number of benzene rings is 2. The lowest BCUT2D eigenvalue weighted by atomic mass is 10.1. The summed E-state index contributed by atoms with van der Waals surface area (Å²) in [5, 5.41) is 2.38. The van der Waals surface area contributed by atoms with Crippen molar-refractivity contribution in [2.45, 2.75) is 0 Å². The molecule has 0 aliphatic heterocycles. The number of hydrogen-bond acceptors (Lipinski definition) is 2. The summed E-state index contributed by atoms with van der Waals surface area (Å²) in [5.41, 5.74) is 5.63. The van der Waals surface area contributed by atoms with E-state index in [2.05, 4.69) is 5.32 Å². The first kappa shape index (κ1) is 14.6. The third kappa shape index (κ3) is 3.00. The molecule has 0 spiro atoms. The molecule has 7 heteroatoms. The molecule has 2 aromatic carbocycles. The van der Waals surface area contributed by atoms with Gasteiger partial charge in [0.05, 0.1) is 21.3 Å². The molecule has 0 radical (unpaired) electrons. The summed E-state index contributed by atoms with van der Waals surface area (Å²) < 4.78 is 26.2. The van der Waals surface area contributed by atoms with Crippen molar-refractivity contribution in [3.8, 4) is 0 Å². The number of nitrogen functional groups attached to an aromatic ring is 1. The van der Waals surface area contributed by atoms with Gasteiger partial charge in [0.25, 0.3) is 5.91 Å². The fourth-order valence-electron chi connectivity index (χ4n) is 1.56. The number of anilines is 2. The number of amides is 1. The molecule has 1 amide bonds. The Kier molecular flexibility index (Phi) is 4.11. The van der Waals surface area contributed by atoms with Crippen molar-refractivity contribution in [2.24, 2.45) is 0 Å². The molecule has 3 nitrogen and oxygen atoms in total. The SMILES string of the molecule is Nc1cc(Cl)c(Cl)c(C(=O)Nc2ccc(F)cc2F)c1. The van der Waals surface area contributed by atoms with Gasteiger partial charge < -0.3 is 11.1 Å². The highest BCUT2D eigenvalue weighted by molar-refractivity contribution is 6.44. The van der Waals surface area contributed by atoms with E-state index in [4.69, 9.17) is 28.9 Å². The lowest BCUT2D eigenvalue weighted by Gasteiger charge is -2.09. The van der Waals surface area contributed by atoms with Crippen LogP contribution in [0.4, 0.5) is 20.2 Å². The Morgan fingerprint density at radius 1 is 1.15 bits per heavy atom. The number of carbonyl (C=O) groups excluding carboxylic acids is 1. The van der Waals surface area contributed by atoms with E-state index in [1.54, 1.807) is 0 Å². The predicted octanol–water partition coefficient (Wildman–Crippen LogP) is 4.11. The topological polar surface area (TPSA) is 55.1 Å². The minimum absolute atomic E-state index is 0.000363. The molecule has 2 aromatic rings. The number of hydrogen-bond donors (Lipinski definition) is 2. The minimum Gasteiger partial charge on any atom is -0.399 e. The Bertz CT molecular complexity index is 692. The molecule has 3 N–H and O–H groups in total. The number of carbonyl (C=O) groups is 1. The summed E-state index contributed by atoms with van der Waals surface area (Å²) >= 11 is 11.7. The van der Waals surface area contributed by atoms with Gasteiger partial charge in [-0.15, -0.1) is 0 Å². The first-order valence-electron chi connectivity index (χ1n) is 5.39. The third-order valence-corrected chi connectivity index (χ3v) is 3.28. The van der Waals surface area contributed by atoms with E-state index < -0.39 is 17.5 Å². The smallest absolute Gasteiger partial charge is 0.257 e. The second kappa shape index (κ2) is 5.64. The Labute approximate surface area is 123 Å². The van der Waals surface area contributed by atoms with Crippen molar-refractivity contribution in [2.75, 3.05) is 11.1 Å². The second-order valence-corrected chi connectivity index (χ2v) is 4.73. The highest BCUT2D eigenvalue weighted by atomic mass is 35.5. The van der Waals surface area contributed by atoms with Crippen molar-refractivity contribution < 1.29 is 13.6 Å². The lowest BCUT2D eigenvalue weighted by Crippen LogP contribution is -2.14. The van der Waals surface area contributed by atoms with Crippen LogP contribution in [0.1, 0.15) is 10.4 Å². The maximum atomic E-state index is 13.4. The number of halogens is 4. The zero-order chi connectivity index (χ0) is 14.9. The van der Waals surface area contributed by atoms with Crippen LogP contribution in [0.25, 0.3) is 0 Å². The van der Waals surface area contributed by atoms with E-state index in [1.165, 1.54) is 12.1 Å². The number of rotatable bonds is 2. The number of nitrogens with two attached hydrogens (primary N) is 1. The van der Waals surface area contributed by atoms with Gasteiger partial charge in [0.15, 0.2) is 0 Å². The molecule has 0 saturated heterocycles. The second-order valence-electron chi connectivity index (χ2n) is 3.94. The molecule has 20 heavy (non-hydrogen) atoms. The quantitative estimate of drug-likeness (QED) is 0.819. The van der Waals surface area contributed by atoms with Gasteiger partial charge in [0, 0.05) is 11.8 Å². The standard InChI is InChI=1S/C13H8Cl2F2N2O/c14-9-5-7(18)4-8(12(9)15)13(20)19-11-2-1-6(16)3-10(11)17/h1-5H,18H2,(H,19,20). The minimum atomic E-state index is -0.899. The molecule has 0 aromatic heterocycles. The van der Waals surface area contributed by atoms with Crippen LogP contribution in [-0.4, -0.2) is 5.91 Å². The van der Waals surface area contributed by atoms with Gasteiger partial charge in [0.1, 0.15) is 11.6 Å². The normalized spacial score (nSPS) is 10.4. The summed E-state index contributed by atoms with van der Waals surface area (Å²) in [5.74, 6) is -2.34. The van der Waals surface area contributed by atoms with E-state index in [1.807, 2.05) is 0 Å². The Balaban J connectivity index is 2.33. The molecule has 0 unspecified atom stereocenters. The zero-order valence-corrected chi connectivity index (χ0v) is 11.4. The van der Waals surface area contributed by atoms with Crippen LogP contribution in [0, 0.1) is 11.6 Å². The fraction of sp³-hybridized carbons (Fsp3) is 0. The van der Waals surface area contributed by atoms with Gasteiger partial charge >= 0.3 is 0 Å². The van der Waals surface area contributed by atoms with Gasteiger partial charge in [-0.25, -0.2) is 8.78 Å². The van der Waals surface area contributed by atoms with Gasteiger partial charge in [-0.1, -0.05) is 23.2 Å². The zero-order valence-electron chi connectivity index (χ0n) is 9.88. The molecular weight excluding hydrogens is 309 g/mol. The molecule has 104 valence electrons. The van der Waals surface area contributed by atoms with Crippen LogP contribution in [0.3, 0.4) is 0 Å². The highest BCUT2D eigenvalue weighted by Crippen LogP contribution is 2.29. The Hall–Kier alpha value is -1.85. The molecule has 0 bridgehead atoms. The molecule has 0 fully saturated rings. The maximum Gasteiger partial charge on any atom is 0.257 e. The highest BCUT2D eigenvalue weighted by Gasteiger charge is 2.16. The molecular formula is C13H8Cl2F2N2O. The molecule has 2 rings (SSSR count). The van der Waals surface area contributed by atoms with Crippen LogP contribution in [0.5, 0.6) is 0 Å². The Morgan fingerprint density at radius 3 is 2.50 bits per heavy atom. The molecule has 0 aliphatic rings. The predicted molar refractivity (Wildman–Crippen MR) is 75.2 cm³/mol. The van der Waals surface area contributed by atoms with Crippen LogP contribution >= 0.6 is 23.2 Å². The summed E-state index contributed by atoms with van der Waals surface area (Å²) in [6.07, 6.45) is 0. The first-order chi connectivity index (χ1) is 9.38. The summed E-state index contributed by atoms with van der Waals surface area (Å²) in [7, 11) is 0. The fourth-order valence-corrected chi connectivity index (χ4v) is 1.98. The van der Waals surface area contributed by atoms with Crippen LogP contribution in [-0.2, 0) is 0 Å². The van der Waals surface area contributed by atoms with Crippen molar-refractivity contribution in [1.29, 1.82) is 0 Å². The van der Waals surface area contributed by atoms with Crippen molar-refractivity contribution in [1.82, 2.24) is 0 Å².